The Morgan fingerprint density at radius 1 is 1.19 bits per heavy atom. The van der Waals surface area contributed by atoms with Crippen LogP contribution in [0.5, 0.6) is 0 Å². The molecule has 2 heterocycles. The van der Waals surface area contributed by atoms with Gasteiger partial charge in [-0.3, -0.25) is 9.97 Å². The molecule has 0 atom stereocenters. The van der Waals surface area contributed by atoms with E-state index in [0.717, 1.165) is 23.8 Å². The molecule has 0 aliphatic rings. The zero-order valence-electron chi connectivity index (χ0n) is 9.51. The molecular weight excluding hydrogens is 202 g/mol. The third-order valence-electron chi connectivity index (χ3n) is 2.34. The molecule has 0 saturated heterocycles. The predicted octanol–water partition coefficient (Wildman–Crippen LogP) is 0.808. The number of hydrogen-bond acceptors (Lipinski definition) is 4. The Balaban J connectivity index is 1.84. The molecule has 0 aromatic carbocycles. The topological polar surface area (TPSA) is 55.6 Å². The molecular formula is C11H15N5. The van der Waals surface area contributed by atoms with Gasteiger partial charge >= 0.3 is 0 Å². The van der Waals surface area contributed by atoms with Crippen LogP contribution in [-0.2, 0) is 20.1 Å². The zero-order valence-corrected chi connectivity index (χ0v) is 9.51. The van der Waals surface area contributed by atoms with E-state index in [1.165, 1.54) is 0 Å². The quantitative estimate of drug-likeness (QED) is 0.823. The number of imidazole rings is 1. The molecule has 5 nitrogen and oxygen atoms in total. The second-order valence-electron chi connectivity index (χ2n) is 3.71. The molecule has 0 spiro atoms. The van der Waals surface area contributed by atoms with Crippen LogP contribution in [0.1, 0.15) is 17.2 Å². The molecule has 2 rings (SSSR count). The SMILES string of the molecule is Cc1cnc(CNCc2nccn2C)cn1. The van der Waals surface area contributed by atoms with Gasteiger partial charge in [0.15, 0.2) is 0 Å². The Morgan fingerprint density at radius 2 is 2.06 bits per heavy atom. The van der Waals surface area contributed by atoms with Crippen LogP contribution in [0, 0.1) is 6.92 Å². The van der Waals surface area contributed by atoms with E-state index in [-0.39, 0.29) is 0 Å². The lowest BCUT2D eigenvalue weighted by molar-refractivity contribution is 0.628. The average molecular weight is 217 g/mol. The van der Waals surface area contributed by atoms with Gasteiger partial charge in [-0.05, 0) is 6.92 Å². The first-order valence-electron chi connectivity index (χ1n) is 5.20. The molecule has 84 valence electrons. The smallest absolute Gasteiger partial charge is 0.122 e. The third kappa shape index (κ3) is 2.64. The van der Waals surface area contributed by atoms with Gasteiger partial charge in [0.05, 0.1) is 17.9 Å². The van der Waals surface area contributed by atoms with Gasteiger partial charge < -0.3 is 9.88 Å². The molecule has 16 heavy (non-hydrogen) atoms. The molecule has 2 aromatic heterocycles. The number of hydrogen-bond donors (Lipinski definition) is 1. The zero-order chi connectivity index (χ0) is 11.4. The van der Waals surface area contributed by atoms with Gasteiger partial charge in [0.25, 0.3) is 0 Å². The first kappa shape index (κ1) is 10.8. The summed E-state index contributed by atoms with van der Waals surface area (Å²) in [6.07, 6.45) is 7.30. The maximum Gasteiger partial charge on any atom is 0.122 e. The van der Waals surface area contributed by atoms with Crippen molar-refractivity contribution in [3.05, 3.63) is 42.0 Å². The minimum Gasteiger partial charge on any atom is -0.337 e. The van der Waals surface area contributed by atoms with E-state index >= 15 is 0 Å². The summed E-state index contributed by atoms with van der Waals surface area (Å²) in [5.41, 5.74) is 1.88. The average Bonchev–Trinajstić information content (AvgIpc) is 2.68. The van der Waals surface area contributed by atoms with Crippen LogP contribution in [0.15, 0.2) is 24.8 Å². The van der Waals surface area contributed by atoms with Crippen molar-refractivity contribution in [2.45, 2.75) is 20.0 Å². The van der Waals surface area contributed by atoms with Crippen LogP contribution >= 0.6 is 0 Å². The van der Waals surface area contributed by atoms with E-state index < -0.39 is 0 Å². The lowest BCUT2D eigenvalue weighted by Crippen LogP contribution is -2.16. The van der Waals surface area contributed by atoms with Crippen molar-refractivity contribution in [2.24, 2.45) is 7.05 Å². The maximum absolute atomic E-state index is 4.27. The summed E-state index contributed by atoms with van der Waals surface area (Å²) in [4.78, 5) is 12.7. The molecule has 0 amide bonds. The second kappa shape index (κ2) is 4.85. The molecule has 0 fully saturated rings. The first-order valence-corrected chi connectivity index (χ1v) is 5.20. The van der Waals surface area contributed by atoms with Crippen molar-refractivity contribution in [1.29, 1.82) is 0 Å². The summed E-state index contributed by atoms with van der Waals surface area (Å²) in [6, 6.07) is 0. The Kier molecular flexibility index (Phi) is 3.26. The van der Waals surface area contributed by atoms with E-state index in [1.807, 2.05) is 24.7 Å². The van der Waals surface area contributed by atoms with Crippen molar-refractivity contribution in [1.82, 2.24) is 24.8 Å². The van der Waals surface area contributed by atoms with Crippen molar-refractivity contribution in [3.63, 3.8) is 0 Å². The van der Waals surface area contributed by atoms with E-state index in [2.05, 4.69) is 20.3 Å². The van der Waals surface area contributed by atoms with Gasteiger partial charge in [0, 0.05) is 38.4 Å². The highest BCUT2D eigenvalue weighted by atomic mass is 15.1. The molecule has 2 aromatic rings. The fourth-order valence-corrected chi connectivity index (χ4v) is 1.38. The molecule has 0 aliphatic carbocycles. The van der Waals surface area contributed by atoms with Gasteiger partial charge in [-0.25, -0.2) is 4.98 Å². The molecule has 0 saturated carbocycles. The lowest BCUT2D eigenvalue weighted by Gasteiger charge is -2.04. The number of aryl methyl sites for hydroxylation is 2. The molecule has 5 heteroatoms. The Labute approximate surface area is 94.6 Å². The fourth-order valence-electron chi connectivity index (χ4n) is 1.38. The fraction of sp³-hybridized carbons (Fsp3) is 0.364. The van der Waals surface area contributed by atoms with Crippen LogP contribution in [-0.4, -0.2) is 19.5 Å². The Morgan fingerprint density at radius 3 is 2.69 bits per heavy atom. The monoisotopic (exact) mass is 217 g/mol. The Bertz CT molecular complexity index is 446. The molecule has 0 radical (unpaired) electrons. The van der Waals surface area contributed by atoms with Gasteiger partial charge in [-0.1, -0.05) is 0 Å². The molecule has 0 bridgehead atoms. The first-order chi connectivity index (χ1) is 7.75. The van der Waals surface area contributed by atoms with E-state index in [4.69, 9.17) is 0 Å². The largest absolute Gasteiger partial charge is 0.337 e. The third-order valence-corrected chi connectivity index (χ3v) is 2.34. The molecule has 1 N–H and O–H groups in total. The van der Waals surface area contributed by atoms with Gasteiger partial charge in [0.2, 0.25) is 0 Å². The number of rotatable bonds is 4. The van der Waals surface area contributed by atoms with Crippen molar-refractivity contribution in [3.8, 4) is 0 Å². The minimum atomic E-state index is 0.708. The van der Waals surface area contributed by atoms with Crippen LogP contribution in [0.3, 0.4) is 0 Å². The van der Waals surface area contributed by atoms with Crippen molar-refractivity contribution >= 4 is 0 Å². The predicted molar refractivity (Wildman–Crippen MR) is 60.5 cm³/mol. The van der Waals surface area contributed by atoms with Crippen molar-refractivity contribution < 1.29 is 0 Å². The van der Waals surface area contributed by atoms with Crippen LogP contribution in [0.4, 0.5) is 0 Å². The summed E-state index contributed by atoms with van der Waals surface area (Å²) in [6.45, 7) is 3.37. The summed E-state index contributed by atoms with van der Waals surface area (Å²) in [7, 11) is 1.98. The van der Waals surface area contributed by atoms with Gasteiger partial charge in [-0.15, -0.1) is 0 Å². The second-order valence-corrected chi connectivity index (χ2v) is 3.71. The van der Waals surface area contributed by atoms with E-state index in [1.54, 1.807) is 18.6 Å². The summed E-state index contributed by atoms with van der Waals surface area (Å²) >= 11 is 0. The summed E-state index contributed by atoms with van der Waals surface area (Å²) in [5, 5.41) is 3.28. The van der Waals surface area contributed by atoms with E-state index in [9.17, 15) is 0 Å². The molecule has 0 aliphatic heterocycles. The highest BCUT2D eigenvalue weighted by Crippen LogP contribution is 1.96. The van der Waals surface area contributed by atoms with Crippen LogP contribution < -0.4 is 5.32 Å². The standard InChI is InChI=1S/C11H15N5/c1-9-5-15-10(7-14-9)6-12-8-11-13-3-4-16(11)2/h3-5,7,12H,6,8H2,1-2H3. The number of aromatic nitrogens is 4. The summed E-state index contributed by atoms with van der Waals surface area (Å²) < 4.78 is 1.99. The van der Waals surface area contributed by atoms with Gasteiger partial charge in [-0.2, -0.15) is 0 Å². The van der Waals surface area contributed by atoms with Crippen LogP contribution in [0.25, 0.3) is 0 Å². The Hall–Kier alpha value is -1.75. The highest BCUT2D eigenvalue weighted by Gasteiger charge is 1.99. The minimum absolute atomic E-state index is 0.708. The maximum atomic E-state index is 4.27. The van der Waals surface area contributed by atoms with Crippen molar-refractivity contribution in [2.75, 3.05) is 0 Å². The number of nitrogens with one attached hydrogen (secondary N) is 1. The normalized spacial score (nSPS) is 10.6. The highest BCUT2D eigenvalue weighted by molar-refractivity contribution is 5.00. The number of nitrogens with zero attached hydrogens (tertiary/aromatic N) is 4. The van der Waals surface area contributed by atoms with Crippen LogP contribution in [0.2, 0.25) is 0 Å². The summed E-state index contributed by atoms with van der Waals surface area (Å²) in [5.74, 6) is 1.01. The van der Waals surface area contributed by atoms with Gasteiger partial charge in [0.1, 0.15) is 5.82 Å². The molecule has 0 unspecified atom stereocenters. The lowest BCUT2D eigenvalue weighted by atomic mass is 10.4. The van der Waals surface area contributed by atoms with E-state index in [0.29, 0.717) is 6.54 Å².